The Kier molecular flexibility index (Phi) is 3.85. The Labute approximate surface area is 122 Å². The van der Waals surface area contributed by atoms with Gasteiger partial charge in [0.25, 0.3) is 5.91 Å². The summed E-state index contributed by atoms with van der Waals surface area (Å²) in [7, 11) is 1.74. The van der Waals surface area contributed by atoms with Crippen LogP contribution in [-0.2, 0) is 11.3 Å². The van der Waals surface area contributed by atoms with E-state index in [2.05, 4.69) is 15.6 Å². The van der Waals surface area contributed by atoms with Crippen LogP contribution in [0, 0.1) is 0 Å². The smallest absolute Gasteiger partial charge is 0.325 e. The number of rotatable bonds is 4. The number of amides is 3. The van der Waals surface area contributed by atoms with Gasteiger partial charge < -0.3 is 10.6 Å². The van der Waals surface area contributed by atoms with Crippen LogP contribution in [0.4, 0.5) is 10.6 Å². The van der Waals surface area contributed by atoms with Crippen molar-refractivity contribution in [3.8, 4) is 0 Å². The number of nitrogens with zero attached hydrogens (tertiary/aromatic N) is 2. The summed E-state index contributed by atoms with van der Waals surface area (Å²) in [5.74, 6) is 0.382. The van der Waals surface area contributed by atoms with Gasteiger partial charge in [0.1, 0.15) is 11.4 Å². The van der Waals surface area contributed by atoms with Gasteiger partial charge in [-0.2, -0.15) is 0 Å². The Morgan fingerprint density at radius 3 is 2.70 bits per heavy atom. The molecule has 0 saturated carbocycles. The number of hydrogen-bond donors (Lipinski definition) is 2. The van der Waals surface area contributed by atoms with Crippen molar-refractivity contribution < 1.29 is 9.59 Å². The fourth-order valence-electron chi connectivity index (χ4n) is 2.01. The molecule has 2 heterocycles. The summed E-state index contributed by atoms with van der Waals surface area (Å²) in [4.78, 5) is 29.7. The van der Waals surface area contributed by atoms with Crippen molar-refractivity contribution in [1.82, 2.24) is 15.2 Å². The van der Waals surface area contributed by atoms with Crippen molar-refractivity contribution in [3.05, 3.63) is 22.8 Å². The maximum absolute atomic E-state index is 12.3. The molecule has 1 aliphatic rings. The Morgan fingerprint density at radius 1 is 1.45 bits per heavy atom. The van der Waals surface area contributed by atoms with E-state index >= 15 is 0 Å². The van der Waals surface area contributed by atoms with Crippen molar-refractivity contribution >= 4 is 29.4 Å². The molecule has 1 aliphatic heterocycles. The second-order valence-corrected chi connectivity index (χ2v) is 5.29. The zero-order chi connectivity index (χ0) is 14.9. The first-order valence-corrected chi connectivity index (χ1v) is 6.76. The molecule has 0 aromatic carbocycles. The van der Waals surface area contributed by atoms with Crippen LogP contribution in [0.5, 0.6) is 0 Å². The van der Waals surface area contributed by atoms with Crippen molar-refractivity contribution in [2.45, 2.75) is 32.4 Å². The molecular formula is C13H17ClN4O2. The number of pyridine rings is 1. The van der Waals surface area contributed by atoms with Crippen molar-refractivity contribution in [2.24, 2.45) is 0 Å². The van der Waals surface area contributed by atoms with E-state index in [9.17, 15) is 9.59 Å². The van der Waals surface area contributed by atoms with E-state index in [-0.39, 0.29) is 12.5 Å². The molecule has 2 N–H and O–H groups in total. The molecule has 1 saturated heterocycles. The molecule has 0 aliphatic carbocycles. The minimum absolute atomic E-state index is 0.0641. The monoisotopic (exact) mass is 296 g/mol. The van der Waals surface area contributed by atoms with E-state index in [0.29, 0.717) is 23.0 Å². The number of carbonyl (C=O) groups excluding carboxylic acids is 2. The first kappa shape index (κ1) is 14.6. The van der Waals surface area contributed by atoms with Crippen molar-refractivity contribution in [2.75, 3.05) is 12.4 Å². The van der Waals surface area contributed by atoms with Gasteiger partial charge in [-0.05, 0) is 25.5 Å². The zero-order valence-electron chi connectivity index (χ0n) is 11.7. The predicted molar refractivity (Wildman–Crippen MR) is 76.6 cm³/mol. The summed E-state index contributed by atoms with van der Waals surface area (Å²) >= 11 is 6.07. The molecular weight excluding hydrogens is 280 g/mol. The van der Waals surface area contributed by atoms with E-state index in [1.165, 1.54) is 0 Å². The molecule has 20 heavy (non-hydrogen) atoms. The number of carbonyl (C=O) groups is 2. The molecule has 1 aromatic rings. The Hall–Kier alpha value is -1.82. The zero-order valence-corrected chi connectivity index (χ0v) is 12.4. The van der Waals surface area contributed by atoms with Gasteiger partial charge in [-0.3, -0.25) is 9.69 Å². The first-order chi connectivity index (χ1) is 9.41. The average molecular weight is 297 g/mol. The largest absolute Gasteiger partial charge is 0.373 e. The lowest BCUT2D eigenvalue weighted by Crippen LogP contribution is -2.43. The van der Waals surface area contributed by atoms with Crippen LogP contribution >= 0.6 is 11.6 Å². The first-order valence-electron chi connectivity index (χ1n) is 6.38. The van der Waals surface area contributed by atoms with Crippen LogP contribution in [0.15, 0.2) is 12.1 Å². The topological polar surface area (TPSA) is 74.3 Å². The summed E-state index contributed by atoms with van der Waals surface area (Å²) in [6, 6.07) is 3.01. The molecule has 3 amide bonds. The quantitative estimate of drug-likeness (QED) is 0.833. The molecule has 1 aromatic heterocycles. The fraction of sp³-hybridized carbons (Fsp3) is 0.462. The van der Waals surface area contributed by atoms with Gasteiger partial charge in [-0.1, -0.05) is 18.5 Å². The summed E-state index contributed by atoms with van der Waals surface area (Å²) < 4.78 is 0. The molecule has 6 nitrogen and oxygen atoms in total. The maximum Gasteiger partial charge on any atom is 0.325 e. The van der Waals surface area contributed by atoms with Crippen molar-refractivity contribution in [1.29, 1.82) is 0 Å². The number of aromatic nitrogens is 1. The fourth-order valence-corrected chi connectivity index (χ4v) is 2.18. The Bertz CT molecular complexity index is 563. The van der Waals surface area contributed by atoms with Crippen LogP contribution in [0.3, 0.4) is 0 Å². The normalized spacial score (nSPS) is 22.1. The predicted octanol–water partition coefficient (Wildman–Crippen LogP) is 2.00. The number of urea groups is 1. The van der Waals surface area contributed by atoms with Gasteiger partial charge in [0.15, 0.2) is 0 Å². The molecule has 2 rings (SSSR count). The van der Waals surface area contributed by atoms with Gasteiger partial charge in [0.05, 0.1) is 17.3 Å². The van der Waals surface area contributed by atoms with Gasteiger partial charge in [0, 0.05) is 7.05 Å². The number of nitrogens with one attached hydrogen (secondary N) is 2. The van der Waals surface area contributed by atoms with E-state index in [1.54, 1.807) is 26.1 Å². The Morgan fingerprint density at radius 2 is 2.15 bits per heavy atom. The van der Waals surface area contributed by atoms with E-state index in [4.69, 9.17) is 11.6 Å². The highest BCUT2D eigenvalue weighted by atomic mass is 35.5. The third kappa shape index (κ3) is 2.43. The van der Waals surface area contributed by atoms with E-state index < -0.39 is 11.6 Å². The van der Waals surface area contributed by atoms with Gasteiger partial charge in [-0.15, -0.1) is 0 Å². The summed E-state index contributed by atoms with van der Waals surface area (Å²) in [6.07, 6.45) is 0.534. The van der Waals surface area contributed by atoms with Crippen LogP contribution in [0.1, 0.15) is 26.0 Å². The van der Waals surface area contributed by atoms with Crippen LogP contribution in [0.25, 0.3) is 0 Å². The highest BCUT2D eigenvalue weighted by molar-refractivity contribution is 6.31. The molecule has 1 fully saturated rings. The SMILES string of the molecule is CCC1(C)NC(=O)N(Cc2nc(NC)ccc2Cl)C1=O. The highest BCUT2D eigenvalue weighted by Gasteiger charge is 2.46. The molecule has 0 spiro atoms. The highest BCUT2D eigenvalue weighted by Crippen LogP contribution is 2.25. The van der Waals surface area contributed by atoms with Gasteiger partial charge >= 0.3 is 6.03 Å². The number of halogens is 1. The maximum atomic E-state index is 12.3. The lowest BCUT2D eigenvalue weighted by Gasteiger charge is -2.19. The molecule has 7 heteroatoms. The third-order valence-electron chi connectivity index (χ3n) is 3.53. The minimum Gasteiger partial charge on any atom is -0.373 e. The Balaban J connectivity index is 2.26. The van der Waals surface area contributed by atoms with Crippen molar-refractivity contribution in [3.63, 3.8) is 0 Å². The molecule has 1 unspecified atom stereocenters. The number of anilines is 1. The van der Waals surface area contributed by atoms with Gasteiger partial charge in [0.2, 0.25) is 0 Å². The minimum atomic E-state index is -0.843. The molecule has 1 atom stereocenters. The average Bonchev–Trinajstić information content (AvgIpc) is 2.65. The lowest BCUT2D eigenvalue weighted by atomic mass is 9.99. The summed E-state index contributed by atoms with van der Waals surface area (Å²) in [6.45, 7) is 3.63. The summed E-state index contributed by atoms with van der Waals surface area (Å²) in [5, 5.41) is 6.02. The molecule has 0 radical (unpaired) electrons. The standard InChI is InChI=1S/C13H17ClN4O2/c1-4-13(2)11(19)18(12(20)17-13)7-9-8(14)5-6-10(15-3)16-9/h5-6H,4,7H2,1-3H3,(H,15,16)(H,17,20). The lowest BCUT2D eigenvalue weighted by molar-refractivity contribution is -0.131. The number of imide groups is 1. The third-order valence-corrected chi connectivity index (χ3v) is 3.88. The van der Waals surface area contributed by atoms with Crippen LogP contribution < -0.4 is 10.6 Å². The van der Waals surface area contributed by atoms with Gasteiger partial charge in [-0.25, -0.2) is 9.78 Å². The van der Waals surface area contributed by atoms with Crippen LogP contribution in [0.2, 0.25) is 5.02 Å². The molecule has 108 valence electrons. The van der Waals surface area contributed by atoms with Crippen LogP contribution in [-0.4, -0.2) is 34.4 Å². The van der Waals surface area contributed by atoms with E-state index in [1.807, 2.05) is 6.92 Å². The second-order valence-electron chi connectivity index (χ2n) is 4.88. The second kappa shape index (κ2) is 5.28. The summed E-state index contributed by atoms with van der Waals surface area (Å²) in [5.41, 5.74) is -0.355. The van der Waals surface area contributed by atoms with E-state index in [0.717, 1.165) is 4.90 Å². The number of hydrogen-bond acceptors (Lipinski definition) is 4. The molecule has 0 bridgehead atoms.